The van der Waals surface area contributed by atoms with Crippen molar-refractivity contribution in [3.63, 3.8) is 0 Å². The van der Waals surface area contributed by atoms with E-state index in [0.717, 1.165) is 5.56 Å². The molecule has 1 atom stereocenters. The van der Waals surface area contributed by atoms with E-state index in [2.05, 4.69) is 5.32 Å². The fourth-order valence-corrected chi connectivity index (χ4v) is 4.83. The minimum Gasteiger partial charge on any atom is -0.497 e. The van der Waals surface area contributed by atoms with Gasteiger partial charge in [0.25, 0.3) is 0 Å². The van der Waals surface area contributed by atoms with Crippen LogP contribution in [0.2, 0.25) is 0 Å². The van der Waals surface area contributed by atoms with Gasteiger partial charge in [0.15, 0.2) is 0 Å². The van der Waals surface area contributed by atoms with Gasteiger partial charge in [-0.3, -0.25) is 0 Å². The summed E-state index contributed by atoms with van der Waals surface area (Å²) in [5.74, 6) is 0.705. The Morgan fingerprint density at radius 2 is 1.73 bits per heavy atom. The highest BCUT2D eigenvalue weighted by Gasteiger charge is 2.26. The number of hydrogen-bond acceptors (Lipinski definition) is 4. The van der Waals surface area contributed by atoms with Gasteiger partial charge in [0, 0.05) is 19.1 Å². The molecule has 0 aromatic heterocycles. The number of amides is 1. The van der Waals surface area contributed by atoms with Crippen LogP contribution in [-0.4, -0.2) is 50.2 Å². The van der Waals surface area contributed by atoms with E-state index in [0.29, 0.717) is 25.1 Å². The van der Waals surface area contributed by atoms with Crippen LogP contribution in [0.15, 0.2) is 59.5 Å². The van der Waals surface area contributed by atoms with E-state index in [1.54, 1.807) is 12.1 Å². The summed E-state index contributed by atoms with van der Waals surface area (Å²) in [7, 11) is -2.19. The van der Waals surface area contributed by atoms with E-state index in [1.807, 2.05) is 44.2 Å². The van der Waals surface area contributed by atoms with Gasteiger partial charge in [-0.05, 0) is 48.6 Å². The molecule has 7 nitrogen and oxygen atoms in total. The summed E-state index contributed by atoms with van der Waals surface area (Å²) in [4.78, 5) is 11.4. The highest BCUT2D eigenvalue weighted by atomic mass is 32.2. The molecule has 0 bridgehead atoms. The van der Waals surface area contributed by atoms with Gasteiger partial charge in [-0.25, -0.2) is 13.2 Å². The first-order valence-electron chi connectivity index (χ1n) is 9.90. The number of hydrogen-bond donors (Lipinski definition) is 2. The lowest BCUT2D eigenvalue weighted by molar-refractivity contribution is 0.188. The van der Waals surface area contributed by atoms with E-state index < -0.39 is 22.2 Å². The zero-order chi connectivity index (χ0) is 22.1. The minimum atomic E-state index is -3.72. The summed E-state index contributed by atoms with van der Waals surface area (Å²) in [6, 6.07) is 15.4. The molecule has 0 spiro atoms. The average Bonchev–Trinajstić information content (AvgIpc) is 2.71. The predicted octanol–water partition coefficient (Wildman–Crippen LogP) is 3.61. The maximum Gasteiger partial charge on any atom is 0.404 e. The molecule has 0 saturated heterocycles. The molecule has 164 valence electrons. The lowest BCUT2D eigenvalue weighted by Gasteiger charge is -2.26. The third-order valence-corrected chi connectivity index (χ3v) is 6.52. The Hall–Kier alpha value is -2.58. The van der Waals surface area contributed by atoms with Crippen molar-refractivity contribution < 1.29 is 23.1 Å². The molecule has 0 aliphatic carbocycles. The molecule has 2 N–H and O–H groups in total. The van der Waals surface area contributed by atoms with Crippen molar-refractivity contribution in [2.45, 2.75) is 37.6 Å². The molecule has 1 unspecified atom stereocenters. The topological polar surface area (TPSA) is 95.9 Å². The van der Waals surface area contributed by atoms with E-state index >= 15 is 0 Å². The zero-order valence-corrected chi connectivity index (χ0v) is 18.4. The normalized spacial score (nSPS) is 12.7. The number of nitrogens with one attached hydrogen (secondary N) is 1. The van der Waals surface area contributed by atoms with Gasteiger partial charge in [-0.1, -0.05) is 44.2 Å². The second-order valence-electron chi connectivity index (χ2n) is 7.56. The summed E-state index contributed by atoms with van der Waals surface area (Å²) in [6.07, 6.45) is -0.265. The van der Waals surface area contributed by atoms with Crippen LogP contribution in [0.4, 0.5) is 4.79 Å². The number of ether oxygens (including phenoxy) is 1. The molecule has 2 rings (SSSR count). The fourth-order valence-electron chi connectivity index (χ4n) is 3.21. The average molecular weight is 435 g/mol. The third-order valence-electron chi connectivity index (χ3n) is 4.65. The second-order valence-corrected chi connectivity index (χ2v) is 9.50. The minimum absolute atomic E-state index is 0.123. The van der Waals surface area contributed by atoms with E-state index in [1.165, 1.54) is 23.5 Å². The van der Waals surface area contributed by atoms with Gasteiger partial charge in [-0.15, -0.1) is 0 Å². The van der Waals surface area contributed by atoms with Crippen LogP contribution in [0.5, 0.6) is 5.75 Å². The van der Waals surface area contributed by atoms with E-state index in [-0.39, 0.29) is 17.4 Å². The van der Waals surface area contributed by atoms with Gasteiger partial charge < -0.3 is 15.2 Å². The van der Waals surface area contributed by atoms with Crippen molar-refractivity contribution in [1.29, 1.82) is 0 Å². The third kappa shape index (κ3) is 7.03. The number of methoxy groups -OCH3 is 1. The van der Waals surface area contributed by atoms with E-state index in [9.17, 15) is 18.3 Å². The Kier molecular flexibility index (Phi) is 8.68. The number of benzene rings is 2. The largest absolute Gasteiger partial charge is 0.497 e. The monoisotopic (exact) mass is 434 g/mol. The zero-order valence-electron chi connectivity index (χ0n) is 17.6. The number of carboxylic acid groups (broad SMARTS) is 1. The first-order chi connectivity index (χ1) is 14.2. The molecule has 1 amide bonds. The van der Waals surface area contributed by atoms with Crippen molar-refractivity contribution in [2.24, 2.45) is 5.92 Å². The Morgan fingerprint density at radius 3 is 2.27 bits per heavy atom. The summed E-state index contributed by atoms with van der Waals surface area (Å²) in [5, 5.41) is 11.7. The number of carbonyl (C=O) groups is 1. The maximum atomic E-state index is 13.2. The molecule has 2 aromatic carbocycles. The van der Waals surface area contributed by atoms with Crippen LogP contribution in [0.25, 0.3) is 0 Å². The number of nitrogens with zero attached hydrogens (tertiary/aromatic N) is 1. The van der Waals surface area contributed by atoms with Crippen molar-refractivity contribution in [3.05, 3.63) is 60.2 Å². The van der Waals surface area contributed by atoms with E-state index in [4.69, 9.17) is 4.74 Å². The smallest absolute Gasteiger partial charge is 0.404 e. The van der Waals surface area contributed by atoms with Gasteiger partial charge in [-0.2, -0.15) is 4.31 Å². The predicted molar refractivity (Wildman–Crippen MR) is 116 cm³/mol. The van der Waals surface area contributed by atoms with Crippen LogP contribution >= 0.6 is 0 Å². The summed E-state index contributed by atoms with van der Waals surface area (Å²) >= 11 is 0. The van der Waals surface area contributed by atoms with Crippen LogP contribution in [-0.2, 0) is 16.4 Å². The molecular formula is C22H30N2O5S. The Bertz CT molecular complexity index is 899. The summed E-state index contributed by atoms with van der Waals surface area (Å²) in [6.45, 7) is 4.46. The van der Waals surface area contributed by atoms with Crippen molar-refractivity contribution >= 4 is 16.1 Å². The van der Waals surface area contributed by atoms with Crippen LogP contribution < -0.4 is 10.1 Å². The van der Waals surface area contributed by atoms with Crippen molar-refractivity contribution in [3.8, 4) is 5.75 Å². The summed E-state index contributed by atoms with van der Waals surface area (Å²) in [5.41, 5.74) is 0.990. The Labute approximate surface area is 178 Å². The Morgan fingerprint density at radius 1 is 1.10 bits per heavy atom. The maximum absolute atomic E-state index is 13.2. The molecule has 8 heteroatoms. The molecule has 0 aliphatic rings. The van der Waals surface area contributed by atoms with Crippen LogP contribution in [0.3, 0.4) is 0 Å². The second kappa shape index (κ2) is 11.0. The van der Waals surface area contributed by atoms with Crippen molar-refractivity contribution in [2.75, 3.05) is 20.2 Å². The van der Waals surface area contributed by atoms with Gasteiger partial charge >= 0.3 is 6.09 Å². The van der Waals surface area contributed by atoms with Crippen LogP contribution in [0.1, 0.15) is 25.8 Å². The lowest BCUT2D eigenvalue weighted by Crippen LogP contribution is -2.41. The molecule has 2 aromatic rings. The highest BCUT2D eigenvalue weighted by molar-refractivity contribution is 7.89. The van der Waals surface area contributed by atoms with Crippen molar-refractivity contribution in [1.82, 2.24) is 9.62 Å². The van der Waals surface area contributed by atoms with Gasteiger partial charge in [0.05, 0.1) is 12.0 Å². The molecule has 0 fully saturated rings. The summed E-state index contributed by atoms with van der Waals surface area (Å²) < 4.78 is 33.0. The number of sulfonamides is 1. The standard InChI is InChI=1S/C22H30N2O5S/c1-17(2)16-24(30(27,28)21-11-9-20(29-3)10-12-21)14-13-19(23-22(25)26)15-18-7-5-4-6-8-18/h4-12,17,19,23H,13-16H2,1-3H3,(H,25,26). The van der Waals surface area contributed by atoms with Gasteiger partial charge in [0.1, 0.15) is 5.75 Å². The SMILES string of the molecule is COc1ccc(S(=O)(=O)N(CCC(Cc2ccccc2)NC(=O)O)CC(C)C)cc1. The first kappa shape index (κ1) is 23.7. The molecule has 0 saturated carbocycles. The molecule has 0 radical (unpaired) electrons. The molecule has 0 aliphatic heterocycles. The van der Waals surface area contributed by atoms with Gasteiger partial charge in [0.2, 0.25) is 10.0 Å². The number of rotatable bonds is 11. The van der Waals surface area contributed by atoms with Crippen LogP contribution in [0, 0.1) is 5.92 Å². The highest BCUT2D eigenvalue weighted by Crippen LogP contribution is 2.21. The Balaban J connectivity index is 2.18. The molecular weight excluding hydrogens is 404 g/mol. The first-order valence-corrected chi connectivity index (χ1v) is 11.3. The lowest BCUT2D eigenvalue weighted by atomic mass is 10.0. The molecule has 0 heterocycles. The fraction of sp³-hybridized carbons (Fsp3) is 0.409. The quantitative estimate of drug-likeness (QED) is 0.563. The molecule has 30 heavy (non-hydrogen) atoms.